The van der Waals surface area contributed by atoms with E-state index in [1.165, 1.54) is 26.4 Å². The van der Waals surface area contributed by atoms with Gasteiger partial charge in [-0.1, -0.05) is 0 Å². The molecule has 2 aliphatic rings. The molecule has 2 N–H and O–H groups in total. The Bertz CT molecular complexity index is 252. The number of likely N-dealkylation sites (tertiary alicyclic amines) is 1. The standard InChI is InChI=1S/C12H23N3O2/c1-17-12(16)14-10-5-8-15(9-10)11-3-2-6-13-7-4-11/h10-11,13H,2-9H2,1H3,(H,14,16). The van der Waals surface area contributed by atoms with Gasteiger partial charge in [0.25, 0.3) is 0 Å². The van der Waals surface area contributed by atoms with Crippen molar-refractivity contribution in [3.05, 3.63) is 0 Å². The second-order valence-electron chi connectivity index (χ2n) is 4.95. The third-order valence-corrected chi connectivity index (χ3v) is 3.79. The fourth-order valence-corrected chi connectivity index (χ4v) is 2.83. The Morgan fingerprint density at radius 2 is 2.24 bits per heavy atom. The van der Waals surface area contributed by atoms with Gasteiger partial charge in [0.2, 0.25) is 0 Å². The predicted molar refractivity (Wildman–Crippen MR) is 66.0 cm³/mol. The molecule has 2 rings (SSSR count). The number of alkyl carbamates (subject to hydrolysis) is 1. The predicted octanol–water partition coefficient (Wildman–Crippen LogP) is 0.559. The topological polar surface area (TPSA) is 53.6 Å². The minimum Gasteiger partial charge on any atom is -0.453 e. The molecular weight excluding hydrogens is 218 g/mol. The van der Waals surface area contributed by atoms with Crippen LogP contribution >= 0.6 is 0 Å². The van der Waals surface area contributed by atoms with E-state index in [1.54, 1.807) is 0 Å². The lowest BCUT2D eigenvalue weighted by atomic mass is 10.1. The second-order valence-corrected chi connectivity index (χ2v) is 4.95. The molecule has 5 heteroatoms. The van der Waals surface area contributed by atoms with Crippen molar-refractivity contribution in [2.24, 2.45) is 0 Å². The van der Waals surface area contributed by atoms with E-state index in [-0.39, 0.29) is 12.1 Å². The van der Waals surface area contributed by atoms with E-state index in [2.05, 4.69) is 20.3 Å². The number of amides is 1. The summed E-state index contributed by atoms with van der Waals surface area (Å²) >= 11 is 0. The normalized spacial score (nSPS) is 30.9. The largest absolute Gasteiger partial charge is 0.453 e. The molecular formula is C12H23N3O2. The Kier molecular flexibility index (Phi) is 4.62. The van der Waals surface area contributed by atoms with Crippen molar-refractivity contribution in [2.75, 3.05) is 33.3 Å². The van der Waals surface area contributed by atoms with Crippen molar-refractivity contribution in [1.29, 1.82) is 0 Å². The fourth-order valence-electron chi connectivity index (χ4n) is 2.83. The smallest absolute Gasteiger partial charge is 0.407 e. The first-order chi connectivity index (χ1) is 8.29. The minimum atomic E-state index is -0.306. The summed E-state index contributed by atoms with van der Waals surface area (Å²) in [5.41, 5.74) is 0. The van der Waals surface area contributed by atoms with E-state index in [1.807, 2.05) is 0 Å². The van der Waals surface area contributed by atoms with Crippen LogP contribution in [0.2, 0.25) is 0 Å². The molecule has 0 aromatic rings. The number of nitrogens with one attached hydrogen (secondary N) is 2. The highest BCUT2D eigenvalue weighted by Gasteiger charge is 2.29. The van der Waals surface area contributed by atoms with Gasteiger partial charge in [0.05, 0.1) is 7.11 Å². The highest BCUT2D eigenvalue weighted by molar-refractivity contribution is 5.67. The maximum absolute atomic E-state index is 11.1. The molecule has 17 heavy (non-hydrogen) atoms. The summed E-state index contributed by atoms with van der Waals surface area (Å²) in [6.45, 7) is 4.34. The van der Waals surface area contributed by atoms with E-state index in [0.717, 1.165) is 32.6 Å². The van der Waals surface area contributed by atoms with E-state index < -0.39 is 0 Å². The maximum Gasteiger partial charge on any atom is 0.407 e. The maximum atomic E-state index is 11.1. The Morgan fingerprint density at radius 3 is 3.06 bits per heavy atom. The van der Waals surface area contributed by atoms with Crippen LogP contribution in [0.5, 0.6) is 0 Å². The van der Waals surface area contributed by atoms with Crippen molar-refractivity contribution in [3.8, 4) is 0 Å². The van der Waals surface area contributed by atoms with E-state index >= 15 is 0 Å². The molecule has 1 amide bonds. The fraction of sp³-hybridized carbons (Fsp3) is 0.917. The lowest BCUT2D eigenvalue weighted by molar-refractivity contribution is 0.164. The first-order valence-electron chi connectivity index (χ1n) is 6.59. The lowest BCUT2D eigenvalue weighted by Gasteiger charge is -2.26. The number of carbonyl (C=O) groups is 1. The molecule has 0 aliphatic carbocycles. The molecule has 2 unspecified atom stereocenters. The van der Waals surface area contributed by atoms with Crippen LogP contribution in [0.3, 0.4) is 0 Å². The highest BCUT2D eigenvalue weighted by atomic mass is 16.5. The third-order valence-electron chi connectivity index (χ3n) is 3.79. The zero-order valence-electron chi connectivity index (χ0n) is 10.6. The summed E-state index contributed by atoms with van der Waals surface area (Å²) in [5, 5.41) is 6.33. The van der Waals surface area contributed by atoms with Crippen molar-refractivity contribution >= 4 is 6.09 Å². The lowest BCUT2D eigenvalue weighted by Crippen LogP contribution is -2.40. The molecule has 98 valence electrons. The van der Waals surface area contributed by atoms with Crippen LogP contribution in [0.4, 0.5) is 4.79 Å². The van der Waals surface area contributed by atoms with Crippen molar-refractivity contribution in [1.82, 2.24) is 15.5 Å². The number of nitrogens with zero attached hydrogens (tertiary/aromatic N) is 1. The second kappa shape index (κ2) is 6.21. The number of hydrogen-bond donors (Lipinski definition) is 2. The Hall–Kier alpha value is -0.810. The zero-order valence-corrected chi connectivity index (χ0v) is 10.6. The van der Waals surface area contributed by atoms with Gasteiger partial charge in [-0.15, -0.1) is 0 Å². The Morgan fingerprint density at radius 1 is 1.35 bits per heavy atom. The van der Waals surface area contributed by atoms with Crippen molar-refractivity contribution in [3.63, 3.8) is 0 Å². The van der Waals surface area contributed by atoms with Crippen LogP contribution in [0, 0.1) is 0 Å². The molecule has 0 saturated carbocycles. The first kappa shape index (κ1) is 12.6. The quantitative estimate of drug-likeness (QED) is 0.741. The first-order valence-corrected chi connectivity index (χ1v) is 6.59. The van der Waals surface area contributed by atoms with Crippen LogP contribution in [0.15, 0.2) is 0 Å². The van der Waals surface area contributed by atoms with Crippen LogP contribution in [-0.2, 0) is 4.74 Å². The molecule has 0 spiro atoms. The summed E-state index contributed by atoms with van der Waals surface area (Å²) in [6.07, 6.45) is 4.50. The molecule has 2 atom stereocenters. The number of ether oxygens (including phenoxy) is 1. The Balaban J connectivity index is 1.78. The van der Waals surface area contributed by atoms with Gasteiger partial charge in [0.1, 0.15) is 0 Å². The van der Waals surface area contributed by atoms with E-state index in [9.17, 15) is 4.79 Å². The number of rotatable bonds is 2. The average Bonchev–Trinajstić information content (AvgIpc) is 2.63. The van der Waals surface area contributed by atoms with Gasteiger partial charge in [-0.3, -0.25) is 4.90 Å². The summed E-state index contributed by atoms with van der Waals surface area (Å²) in [4.78, 5) is 13.7. The van der Waals surface area contributed by atoms with E-state index in [0.29, 0.717) is 6.04 Å². The van der Waals surface area contributed by atoms with E-state index in [4.69, 9.17) is 0 Å². The van der Waals surface area contributed by atoms with Gasteiger partial charge in [0, 0.05) is 25.2 Å². The molecule has 5 nitrogen and oxygen atoms in total. The zero-order chi connectivity index (χ0) is 12.1. The minimum absolute atomic E-state index is 0.263. The van der Waals surface area contributed by atoms with Gasteiger partial charge >= 0.3 is 6.09 Å². The van der Waals surface area contributed by atoms with Gasteiger partial charge in [0.15, 0.2) is 0 Å². The molecule has 0 aromatic heterocycles. The summed E-state index contributed by atoms with van der Waals surface area (Å²) in [6, 6.07) is 0.952. The van der Waals surface area contributed by atoms with Gasteiger partial charge in [-0.25, -0.2) is 4.79 Å². The van der Waals surface area contributed by atoms with Gasteiger partial charge in [-0.2, -0.15) is 0 Å². The molecule has 2 saturated heterocycles. The molecule has 0 bridgehead atoms. The Labute approximate surface area is 103 Å². The molecule has 2 fully saturated rings. The van der Waals surface area contributed by atoms with Crippen molar-refractivity contribution in [2.45, 2.75) is 37.8 Å². The average molecular weight is 241 g/mol. The molecule has 0 radical (unpaired) electrons. The molecule has 2 aliphatic heterocycles. The van der Waals surface area contributed by atoms with Gasteiger partial charge < -0.3 is 15.4 Å². The summed E-state index contributed by atoms with van der Waals surface area (Å²) in [5.74, 6) is 0. The number of methoxy groups -OCH3 is 1. The molecule has 2 heterocycles. The van der Waals surface area contributed by atoms with Crippen LogP contribution < -0.4 is 10.6 Å². The number of hydrogen-bond acceptors (Lipinski definition) is 4. The number of carbonyl (C=O) groups excluding carboxylic acids is 1. The summed E-state index contributed by atoms with van der Waals surface area (Å²) < 4.78 is 4.63. The summed E-state index contributed by atoms with van der Waals surface area (Å²) in [7, 11) is 1.42. The van der Waals surface area contributed by atoms with Gasteiger partial charge in [-0.05, 0) is 38.8 Å². The highest BCUT2D eigenvalue weighted by Crippen LogP contribution is 2.19. The molecule has 0 aromatic carbocycles. The SMILES string of the molecule is COC(=O)NC1CCN(C2CCCNCC2)C1. The van der Waals surface area contributed by atoms with Crippen LogP contribution in [0.25, 0.3) is 0 Å². The van der Waals surface area contributed by atoms with Crippen molar-refractivity contribution < 1.29 is 9.53 Å². The monoisotopic (exact) mass is 241 g/mol. The van der Waals surface area contributed by atoms with Crippen LogP contribution in [-0.4, -0.2) is 56.4 Å². The third kappa shape index (κ3) is 3.57. The van der Waals surface area contributed by atoms with Crippen LogP contribution in [0.1, 0.15) is 25.7 Å².